The molecule has 0 aliphatic heterocycles. The lowest BCUT2D eigenvalue weighted by molar-refractivity contribution is 0.102. The monoisotopic (exact) mass is 404 g/mol. The molecule has 0 fully saturated rings. The summed E-state index contributed by atoms with van der Waals surface area (Å²) in [5.41, 5.74) is 2.17. The largest absolute Gasteiger partial charge is 0.322 e. The van der Waals surface area contributed by atoms with E-state index in [1.54, 1.807) is 60.3 Å². The minimum Gasteiger partial charge on any atom is -0.322 e. The maximum Gasteiger partial charge on any atom is 0.265 e. The number of carbonyl (C=O) groups excluding carboxylic acids is 2. The number of hydrogen-bond acceptors (Lipinski definition) is 6. The molecule has 0 spiro atoms. The molecule has 2 aromatic carbocycles. The van der Waals surface area contributed by atoms with E-state index < -0.39 is 0 Å². The summed E-state index contributed by atoms with van der Waals surface area (Å²) in [6.07, 6.45) is 0. The van der Waals surface area contributed by atoms with Crippen LogP contribution in [-0.2, 0) is 7.05 Å². The second-order valence-electron chi connectivity index (χ2n) is 6.14. The van der Waals surface area contributed by atoms with Crippen LogP contribution in [-0.4, -0.2) is 32.0 Å². The predicted octanol–water partition coefficient (Wildman–Crippen LogP) is 3.44. The van der Waals surface area contributed by atoms with Gasteiger partial charge in [-0.25, -0.2) is 4.68 Å². The lowest BCUT2D eigenvalue weighted by Crippen LogP contribution is -2.17. The van der Waals surface area contributed by atoms with Gasteiger partial charge in [0, 0.05) is 18.3 Å². The van der Waals surface area contributed by atoms with Crippen molar-refractivity contribution in [3.05, 3.63) is 76.5 Å². The molecule has 0 aliphatic carbocycles. The summed E-state index contributed by atoms with van der Waals surface area (Å²) < 4.78 is 1.55. The summed E-state index contributed by atoms with van der Waals surface area (Å²) in [4.78, 5) is 25.8. The molecule has 0 saturated heterocycles. The number of anilines is 2. The molecule has 9 heteroatoms. The van der Waals surface area contributed by atoms with E-state index >= 15 is 0 Å². The van der Waals surface area contributed by atoms with Crippen molar-refractivity contribution in [2.24, 2.45) is 7.05 Å². The van der Waals surface area contributed by atoms with Gasteiger partial charge in [0.25, 0.3) is 11.8 Å². The van der Waals surface area contributed by atoms with Crippen molar-refractivity contribution in [1.82, 2.24) is 20.2 Å². The number of nitrogens with one attached hydrogen (secondary N) is 2. The maximum absolute atomic E-state index is 12.9. The number of benzene rings is 2. The highest BCUT2D eigenvalue weighted by Gasteiger charge is 2.15. The number of nitrogens with zero attached hydrogens (tertiary/aromatic N) is 4. The molecule has 2 aromatic heterocycles. The third-order valence-electron chi connectivity index (χ3n) is 4.16. The van der Waals surface area contributed by atoms with Crippen LogP contribution >= 0.6 is 11.3 Å². The highest BCUT2D eigenvalue weighted by molar-refractivity contribution is 7.12. The first kappa shape index (κ1) is 18.5. The maximum atomic E-state index is 12.9. The van der Waals surface area contributed by atoms with Crippen LogP contribution in [0.15, 0.2) is 66.0 Å². The summed E-state index contributed by atoms with van der Waals surface area (Å²) in [6.45, 7) is 0. The molecule has 29 heavy (non-hydrogen) atoms. The average molecular weight is 404 g/mol. The predicted molar refractivity (Wildman–Crippen MR) is 111 cm³/mol. The third-order valence-corrected chi connectivity index (χ3v) is 5.03. The van der Waals surface area contributed by atoms with Crippen LogP contribution in [0.2, 0.25) is 0 Å². The van der Waals surface area contributed by atoms with E-state index in [2.05, 4.69) is 26.2 Å². The Balaban J connectivity index is 1.55. The lowest BCUT2D eigenvalue weighted by Gasteiger charge is -2.11. The van der Waals surface area contributed by atoms with E-state index in [-0.39, 0.29) is 11.8 Å². The second kappa shape index (κ2) is 8.03. The van der Waals surface area contributed by atoms with E-state index in [1.165, 1.54) is 11.3 Å². The summed E-state index contributed by atoms with van der Waals surface area (Å²) in [5, 5.41) is 18.9. The van der Waals surface area contributed by atoms with Gasteiger partial charge in [0.1, 0.15) is 0 Å². The number of aryl methyl sites for hydroxylation is 1. The molecule has 0 radical (unpaired) electrons. The number of hydrogen-bond donors (Lipinski definition) is 2. The molecule has 0 aliphatic rings. The molecular weight excluding hydrogens is 388 g/mol. The first-order valence-electron chi connectivity index (χ1n) is 8.70. The van der Waals surface area contributed by atoms with Gasteiger partial charge in [-0.3, -0.25) is 9.59 Å². The number of aromatic nitrogens is 4. The van der Waals surface area contributed by atoms with E-state index in [9.17, 15) is 9.59 Å². The minimum atomic E-state index is -0.333. The van der Waals surface area contributed by atoms with Crippen LogP contribution in [0, 0.1) is 0 Å². The minimum absolute atomic E-state index is 0.253. The molecule has 0 unspecified atom stereocenters. The number of rotatable bonds is 5. The number of carbonyl (C=O) groups is 2. The SMILES string of the molecule is Cn1nnnc1-c1cccc(NC(=O)c2ccccc2NC(=O)c2cccs2)c1. The molecule has 0 saturated carbocycles. The van der Waals surface area contributed by atoms with Crippen molar-refractivity contribution < 1.29 is 9.59 Å². The summed E-state index contributed by atoms with van der Waals surface area (Å²) in [5.74, 6) is 0.00191. The lowest BCUT2D eigenvalue weighted by atomic mass is 10.1. The van der Waals surface area contributed by atoms with Gasteiger partial charge in [-0.1, -0.05) is 30.3 Å². The zero-order valence-electron chi connectivity index (χ0n) is 15.4. The Kier molecular flexibility index (Phi) is 5.12. The fraction of sp³-hybridized carbons (Fsp3) is 0.0500. The molecule has 0 bridgehead atoms. The van der Waals surface area contributed by atoms with Crippen LogP contribution in [0.3, 0.4) is 0 Å². The Morgan fingerprint density at radius 1 is 0.966 bits per heavy atom. The van der Waals surface area contributed by atoms with Gasteiger partial charge >= 0.3 is 0 Å². The number of tetrazole rings is 1. The van der Waals surface area contributed by atoms with E-state index in [0.717, 1.165) is 5.56 Å². The fourth-order valence-corrected chi connectivity index (χ4v) is 3.41. The number of amides is 2. The standard InChI is InChI=1S/C20H16N6O2S/c1-26-18(23-24-25-26)13-6-4-7-14(12-13)21-19(27)15-8-2-3-9-16(15)22-20(28)17-10-5-11-29-17/h2-12H,1H3,(H,21,27)(H,22,28). The molecule has 8 nitrogen and oxygen atoms in total. The van der Waals surface area contributed by atoms with Crippen LogP contribution in [0.25, 0.3) is 11.4 Å². The van der Waals surface area contributed by atoms with Crippen LogP contribution in [0.5, 0.6) is 0 Å². The van der Waals surface area contributed by atoms with Gasteiger partial charge in [-0.2, -0.15) is 0 Å². The van der Waals surface area contributed by atoms with E-state index in [0.29, 0.717) is 27.6 Å². The Labute approximate surface area is 170 Å². The van der Waals surface area contributed by atoms with Crippen molar-refractivity contribution in [1.29, 1.82) is 0 Å². The van der Waals surface area contributed by atoms with Crippen molar-refractivity contribution in [2.75, 3.05) is 10.6 Å². The molecule has 4 aromatic rings. The van der Waals surface area contributed by atoms with Gasteiger partial charge < -0.3 is 10.6 Å². The van der Waals surface area contributed by atoms with Crippen molar-refractivity contribution in [3.63, 3.8) is 0 Å². The first-order valence-corrected chi connectivity index (χ1v) is 9.58. The Morgan fingerprint density at radius 3 is 2.59 bits per heavy atom. The zero-order valence-corrected chi connectivity index (χ0v) is 16.2. The average Bonchev–Trinajstić information content (AvgIpc) is 3.40. The Bertz CT molecular complexity index is 1170. The number of thiophene rings is 1. The molecule has 2 heterocycles. The topological polar surface area (TPSA) is 102 Å². The van der Waals surface area contributed by atoms with E-state index in [4.69, 9.17) is 0 Å². The summed E-state index contributed by atoms with van der Waals surface area (Å²) >= 11 is 1.34. The van der Waals surface area contributed by atoms with Gasteiger partial charge in [0.05, 0.1) is 16.1 Å². The highest BCUT2D eigenvalue weighted by atomic mass is 32.1. The van der Waals surface area contributed by atoms with Gasteiger partial charge in [-0.05, 0) is 46.1 Å². The highest BCUT2D eigenvalue weighted by Crippen LogP contribution is 2.22. The molecular formula is C20H16N6O2S. The van der Waals surface area contributed by atoms with Crippen LogP contribution in [0.1, 0.15) is 20.0 Å². The second-order valence-corrected chi connectivity index (χ2v) is 7.09. The van der Waals surface area contributed by atoms with Crippen molar-refractivity contribution in [2.45, 2.75) is 0 Å². The first-order chi connectivity index (χ1) is 14.1. The molecule has 144 valence electrons. The van der Waals surface area contributed by atoms with Gasteiger partial charge in [0.15, 0.2) is 5.82 Å². The Morgan fingerprint density at radius 2 is 1.83 bits per heavy atom. The normalized spacial score (nSPS) is 10.5. The van der Waals surface area contributed by atoms with Crippen LogP contribution in [0.4, 0.5) is 11.4 Å². The molecule has 2 amide bonds. The van der Waals surface area contributed by atoms with Crippen molar-refractivity contribution >= 4 is 34.5 Å². The van der Waals surface area contributed by atoms with E-state index in [1.807, 2.05) is 17.5 Å². The molecule has 0 atom stereocenters. The third kappa shape index (κ3) is 4.04. The summed E-state index contributed by atoms with van der Waals surface area (Å²) in [7, 11) is 1.74. The van der Waals surface area contributed by atoms with Crippen LogP contribution < -0.4 is 10.6 Å². The Hall–Kier alpha value is -3.85. The molecule has 2 N–H and O–H groups in total. The zero-order chi connectivity index (χ0) is 20.2. The van der Waals surface area contributed by atoms with Gasteiger partial charge in [-0.15, -0.1) is 16.4 Å². The smallest absolute Gasteiger partial charge is 0.265 e. The molecule has 4 rings (SSSR count). The fourth-order valence-electron chi connectivity index (χ4n) is 2.79. The number of para-hydroxylation sites is 1. The summed E-state index contributed by atoms with van der Waals surface area (Å²) in [6, 6.07) is 17.6. The van der Waals surface area contributed by atoms with Gasteiger partial charge in [0.2, 0.25) is 0 Å². The van der Waals surface area contributed by atoms with Crippen molar-refractivity contribution in [3.8, 4) is 11.4 Å². The quantitative estimate of drug-likeness (QED) is 0.530.